The standard InChI is InChI=1S/C28H38FN3O2/c1-19(2)18-32(23-8-6-5-7-9-23)27-17-25(29)24(21(4)14-15-33)16-26(27)31-28(34)30-22-12-10-20(3)11-13-22/h10-13,15-17,19,21,23H,5-9,14,18H2,1-4H3,(H2,30,31,34). The fraction of sp³-hybridized carbons (Fsp3) is 0.500. The van der Waals surface area contributed by atoms with Crippen molar-refractivity contribution in [2.24, 2.45) is 5.92 Å². The van der Waals surface area contributed by atoms with Gasteiger partial charge in [0.05, 0.1) is 11.4 Å². The Bertz CT molecular complexity index is 968. The third-order valence-corrected chi connectivity index (χ3v) is 6.54. The van der Waals surface area contributed by atoms with Crippen LogP contribution in [0.25, 0.3) is 0 Å². The summed E-state index contributed by atoms with van der Waals surface area (Å²) in [6, 6.07) is 10.8. The zero-order chi connectivity index (χ0) is 24.7. The molecule has 0 saturated heterocycles. The lowest BCUT2D eigenvalue weighted by Crippen LogP contribution is -2.40. The van der Waals surface area contributed by atoms with Crippen LogP contribution >= 0.6 is 0 Å². The molecule has 34 heavy (non-hydrogen) atoms. The minimum atomic E-state index is -0.376. The van der Waals surface area contributed by atoms with Crippen molar-refractivity contribution in [1.29, 1.82) is 0 Å². The number of hydrogen-bond acceptors (Lipinski definition) is 3. The summed E-state index contributed by atoms with van der Waals surface area (Å²) in [5.41, 5.74) is 3.52. The summed E-state index contributed by atoms with van der Waals surface area (Å²) in [4.78, 5) is 26.3. The third kappa shape index (κ3) is 6.81. The summed E-state index contributed by atoms with van der Waals surface area (Å²) >= 11 is 0. The Balaban J connectivity index is 1.98. The van der Waals surface area contributed by atoms with E-state index in [0.717, 1.165) is 44.1 Å². The Hall–Kier alpha value is -2.89. The molecule has 1 saturated carbocycles. The molecule has 0 aliphatic heterocycles. The normalized spacial score (nSPS) is 15.1. The van der Waals surface area contributed by atoms with Gasteiger partial charge in [-0.2, -0.15) is 0 Å². The van der Waals surface area contributed by atoms with Gasteiger partial charge in [0, 0.05) is 24.7 Å². The van der Waals surface area contributed by atoms with E-state index in [9.17, 15) is 9.59 Å². The van der Waals surface area contributed by atoms with Crippen molar-refractivity contribution in [3.8, 4) is 0 Å². The summed E-state index contributed by atoms with van der Waals surface area (Å²) in [6.07, 6.45) is 6.71. The first-order valence-electron chi connectivity index (χ1n) is 12.5. The Morgan fingerprint density at radius 2 is 1.76 bits per heavy atom. The van der Waals surface area contributed by atoms with Crippen LogP contribution in [0.1, 0.15) is 76.3 Å². The van der Waals surface area contributed by atoms with E-state index in [2.05, 4.69) is 29.4 Å². The van der Waals surface area contributed by atoms with Gasteiger partial charge < -0.3 is 20.3 Å². The number of urea groups is 1. The van der Waals surface area contributed by atoms with Crippen LogP contribution in [0.5, 0.6) is 0 Å². The van der Waals surface area contributed by atoms with Crippen molar-refractivity contribution in [3.05, 3.63) is 53.3 Å². The van der Waals surface area contributed by atoms with Crippen LogP contribution < -0.4 is 15.5 Å². The van der Waals surface area contributed by atoms with E-state index < -0.39 is 0 Å². The molecule has 2 amide bonds. The second-order valence-electron chi connectivity index (χ2n) is 9.98. The van der Waals surface area contributed by atoms with Gasteiger partial charge in [-0.15, -0.1) is 0 Å². The molecule has 0 spiro atoms. The topological polar surface area (TPSA) is 61.4 Å². The van der Waals surface area contributed by atoms with Crippen LogP contribution in [0.4, 0.5) is 26.2 Å². The fourth-order valence-electron chi connectivity index (χ4n) is 4.72. The number of aldehydes is 1. The maximum absolute atomic E-state index is 15.3. The molecule has 1 fully saturated rings. The van der Waals surface area contributed by atoms with Gasteiger partial charge in [-0.3, -0.25) is 0 Å². The summed E-state index contributed by atoms with van der Waals surface area (Å²) in [5, 5.41) is 5.86. The number of benzene rings is 2. The minimum absolute atomic E-state index is 0.226. The smallest absolute Gasteiger partial charge is 0.323 e. The maximum atomic E-state index is 15.3. The van der Waals surface area contributed by atoms with Crippen LogP contribution in [0, 0.1) is 18.7 Å². The number of anilines is 3. The van der Waals surface area contributed by atoms with Crippen molar-refractivity contribution < 1.29 is 14.0 Å². The van der Waals surface area contributed by atoms with Gasteiger partial charge in [0.15, 0.2) is 0 Å². The van der Waals surface area contributed by atoms with E-state index in [1.54, 1.807) is 12.1 Å². The van der Waals surface area contributed by atoms with E-state index in [1.807, 2.05) is 38.1 Å². The number of aryl methyl sites for hydroxylation is 1. The average Bonchev–Trinajstić information content (AvgIpc) is 2.80. The molecule has 6 heteroatoms. The van der Waals surface area contributed by atoms with Gasteiger partial charge in [0.1, 0.15) is 12.1 Å². The zero-order valence-corrected chi connectivity index (χ0v) is 20.9. The Kier molecular flexibility index (Phi) is 9.08. The lowest BCUT2D eigenvalue weighted by Gasteiger charge is -2.38. The Morgan fingerprint density at radius 3 is 2.38 bits per heavy atom. The van der Waals surface area contributed by atoms with Gasteiger partial charge in [0.25, 0.3) is 0 Å². The van der Waals surface area contributed by atoms with Crippen molar-refractivity contribution >= 4 is 29.4 Å². The first-order valence-corrected chi connectivity index (χ1v) is 12.5. The van der Waals surface area contributed by atoms with Crippen LogP contribution in [0.2, 0.25) is 0 Å². The van der Waals surface area contributed by atoms with Gasteiger partial charge in [0.2, 0.25) is 0 Å². The molecule has 1 unspecified atom stereocenters. The quantitative estimate of drug-likeness (QED) is 0.381. The SMILES string of the molecule is Cc1ccc(NC(=O)Nc2cc(C(C)CC=O)c(F)cc2N(CC(C)C)C2CCCCC2)cc1. The lowest BCUT2D eigenvalue weighted by atomic mass is 9.92. The Labute approximate surface area is 203 Å². The number of nitrogens with one attached hydrogen (secondary N) is 2. The van der Waals surface area contributed by atoms with Gasteiger partial charge >= 0.3 is 6.03 Å². The molecule has 2 N–H and O–H groups in total. The molecular weight excluding hydrogens is 429 g/mol. The molecule has 1 aliphatic rings. The second kappa shape index (κ2) is 12.0. The van der Waals surface area contributed by atoms with Crippen LogP contribution in [0.15, 0.2) is 36.4 Å². The number of amides is 2. The number of nitrogens with zero attached hydrogens (tertiary/aromatic N) is 1. The highest BCUT2D eigenvalue weighted by Crippen LogP contribution is 2.37. The summed E-state index contributed by atoms with van der Waals surface area (Å²) in [6.45, 7) is 8.91. The van der Waals surface area contributed by atoms with Crippen molar-refractivity contribution in [2.45, 2.75) is 78.2 Å². The monoisotopic (exact) mass is 467 g/mol. The van der Waals surface area contributed by atoms with Gasteiger partial charge in [-0.25, -0.2) is 9.18 Å². The van der Waals surface area contributed by atoms with Crippen molar-refractivity contribution in [2.75, 3.05) is 22.1 Å². The van der Waals surface area contributed by atoms with Gasteiger partial charge in [-0.05, 0) is 61.4 Å². The third-order valence-electron chi connectivity index (χ3n) is 6.54. The van der Waals surface area contributed by atoms with Crippen LogP contribution in [-0.2, 0) is 4.79 Å². The van der Waals surface area contributed by atoms with Crippen molar-refractivity contribution in [3.63, 3.8) is 0 Å². The average molecular weight is 468 g/mol. The Morgan fingerprint density at radius 1 is 1.09 bits per heavy atom. The first-order chi connectivity index (χ1) is 16.3. The molecule has 0 heterocycles. The first kappa shape index (κ1) is 25.7. The highest BCUT2D eigenvalue weighted by atomic mass is 19.1. The predicted molar refractivity (Wildman–Crippen MR) is 138 cm³/mol. The number of halogens is 1. The molecule has 1 atom stereocenters. The number of carbonyl (C=O) groups is 2. The second-order valence-corrected chi connectivity index (χ2v) is 9.98. The van der Waals surface area contributed by atoms with E-state index in [1.165, 1.54) is 6.42 Å². The van der Waals surface area contributed by atoms with Crippen LogP contribution in [0.3, 0.4) is 0 Å². The maximum Gasteiger partial charge on any atom is 0.323 e. The van der Waals surface area contributed by atoms with Crippen LogP contribution in [-0.4, -0.2) is 24.9 Å². The largest absolute Gasteiger partial charge is 0.367 e. The van der Waals surface area contributed by atoms with E-state index in [-0.39, 0.29) is 24.2 Å². The summed E-state index contributed by atoms with van der Waals surface area (Å²) in [7, 11) is 0. The number of carbonyl (C=O) groups excluding carboxylic acids is 2. The molecular formula is C28H38FN3O2. The number of hydrogen-bond donors (Lipinski definition) is 2. The predicted octanol–water partition coefficient (Wildman–Crippen LogP) is 7.27. The van der Waals surface area contributed by atoms with E-state index in [0.29, 0.717) is 34.6 Å². The van der Waals surface area contributed by atoms with Crippen molar-refractivity contribution in [1.82, 2.24) is 0 Å². The zero-order valence-electron chi connectivity index (χ0n) is 20.9. The minimum Gasteiger partial charge on any atom is -0.367 e. The summed E-state index contributed by atoms with van der Waals surface area (Å²) < 4.78 is 15.3. The fourth-order valence-corrected chi connectivity index (χ4v) is 4.72. The molecule has 0 aromatic heterocycles. The molecule has 2 aromatic carbocycles. The van der Waals surface area contributed by atoms with Gasteiger partial charge in [-0.1, -0.05) is 57.7 Å². The molecule has 2 aromatic rings. The molecule has 0 radical (unpaired) electrons. The molecule has 184 valence electrons. The lowest BCUT2D eigenvalue weighted by molar-refractivity contribution is -0.108. The molecule has 1 aliphatic carbocycles. The van der Waals surface area contributed by atoms with E-state index in [4.69, 9.17) is 0 Å². The molecule has 5 nitrogen and oxygen atoms in total. The van der Waals surface area contributed by atoms with E-state index >= 15 is 4.39 Å². The number of rotatable bonds is 9. The molecule has 0 bridgehead atoms. The highest BCUT2D eigenvalue weighted by Gasteiger charge is 2.26. The highest BCUT2D eigenvalue weighted by molar-refractivity contribution is 6.02. The summed E-state index contributed by atoms with van der Waals surface area (Å²) in [5.74, 6) is -0.230. The molecule has 3 rings (SSSR count).